The average molecular weight is 212 g/mol. The summed E-state index contributed by atoms with van der Waals surface area (Å²) in [7, 11) is 0. The van der Waals surface area contributed by atoms with E-state index in [1.54, 1.807) is 0 Å². The molecule has 0 saturated heterocycles. The molecule has 0 radical (unpaired) electrons. The van der Waals surface area contributed by atoms with Gasteiger partial charge in [-0.3, -0.25) is 0 Å². The number of hydrogen-bond donors (Lipinski definition) is 0. The molecule has 0 amide bonds. The minimum Gasteiger partial charge on any atom is -0.0817 e. The summed E-state index contributed by atoms with van der Waals surface area (Å²) in [4.78, 5) is 0. The first-order valence-corrected chi connectivity index (χ1v) is 5.89. The summed E-state index contributed by atoms with van der Waals surface area (Å²) >= 11 is 0. The minimum absolute atomic E-state index is 0.669. The van der Waals surface area contributed by atoms with Crippen molar-refractivity contribution in [3.63, 3.8) is 0 Å². The van der Waals surface area contributed by atoms with E-state index in [9.17, 15) is 0 Å². The number of rotatable bonds is 5. The van der Waals surface area contributed by atoms with Gasteiger partial charge in [-0.05, 0) is 11.5 Å². The van der Waals surface area contributed by atoms with E-state index in [-0.39, 0.29) is 0 Å². The van der Waals surface area contributed by atoms with Crippen LogP contribution in [0.2, 0.25) is 0 Å². The monoisotopic (exact) mass is 212 g/mol. The van der Waals surface area contributed by atoms with Crippen LogP contribution in [0, 0.1) is 5.92 Å². The van der Waals surface area contributed by atoms with Crippen molar-refractivity contribution in [1.29, 1.82) is 0 Å². The van der Waals surface area contributed by atoms with Gasteiger partial charge in [-0.15, -0.1) is 0 Å². The fraction of sp³-hybridized carbons (Fsp3) is 0.250. The van der Waals surface area contributed by atoms with Crippen molar-refractivity contribution in [2.45, 2.75) is 20.3 Å². The Balaban J connectivity index is 2.37. The predicted octanol–water partition coefficient (Wildman–Crippen LogP) is 4.86. The maximum atomic E-state index is 2.23. The van der Waals surface area contributed by atoms with Gasteiger partial charge in [0.25, 0.3) is 0 Å². The summed E-state index contributed by atoms with van der Waals surface area (Å²) in [5, 5.41) is 0. The van der Waals surface area contributed by atoms with Crippen molar-refractivity contribution in [3.05, 3.63) is 66.3 Å². The third kappa shape index (κ3) is 5.35. The Bertz CT molecular complexity index is 355. The van der Waals surface area contributed by atoms with Crippen LogP contribution in [0.15, 0.2) is 60.7 Å². The maximum Gasteiger partial charge on any atom is -0.0257 e. The van der Waals surface area contributed by atoms with E-state index in [2.05, 4.69) is 62.4 Å². The van der Waals surface area contributed by atoms with Gasteiger partial charge in [0, 0.05) is 0 Å². The van der Waals surface area contributed by atoms with Crippen LogP contribution in [-0.4, -0.2) is 0 Å². The van der Waals surface area contributed by atoms with Crippen LogP contribution in [-0.2, 0) is 0 Å². The van der Waals surface area contributed by atoms with E-state index in [0.29, 0.717) is 5.92 Å². The van der Waals surface area contributed by atoms with Crippen molar-refractivity contribution in [2.75, 3.05) is 0 Å². The van der Waals surface area contributed by atoms with E-state index in [4.69, 9.17) is 0 Å². The molecule has 0 fully saturated rings. The van der Waals surface area contributed by atoms with Gasteiger partial charge < -0.3 is 0 Å². The van der Waals surface area contributed by atoms with Crippen molar-refractivity contribution in [3.8, 4) is 0 Å². The van der Waals surface area contributed by atoms with Crippen LogP contribution in [0.25, 0.3) is 6.08 Å². The zero-order valence-corrected chi connectivity index (χ0v) is 10.1. The van der Waals surface area contributed by atoms with Gasteiger partial charge in [-0.2, -0.15) is 0 Å². The second-order valence-corrected chi connectivity index (χ2v) is 3.93. The van der Waals surface area contributed by atoms with Crippen LogP contribution in [0.4, 0.5) is 0 Å². The lowest BCUT2D eigenvalue weighted by molar-refractivity contribution is 0.698. The van der Waals surface area contributed by atoms with Crippen LogP contribution in [0.1, 0.15) is 25.8 Å². The fourth-order valence-electron chi connectivity index (χ4n) is 1.25. The first-order valence-electron chi connectivity index (χ1n) is 5.89. The summed E-state index contributed by atoms with van der Waals surface area (Å²) in [6, 6.07) is 10.3. The molecule has 0 aliphatic rings. The lowest BCUT2D eigenvalue weighted by atomic mass is 10.1. The summed E-state index contributed by atoms with van der Waals surface area (Å²) in [5.41, 5.74) is 1.23. The molecule has 0 bridgehead atoms. The van der Waals surface area contributed by atoms with E-state index >= 15 is 0 Å². The lowest BCUT2D eigenvalue weighted by Gasteiger charge is -1.96. The normalized spacial score (nSPS) is 14.1. The van der Waals surface area contributed by atoms with Crippen molar-refractivity contribution >= 4 is 6.08 Å². The predicted molar refractivity (Wildman–Crippen MR) is 73.2 cm³/mol. The van der Waals surface area contributed by atoms with Crippen LogP contribution < -0.4 is 0 Å². The highest BCUT2D eigenvalue weighted by Crippen LogP contribution is 2.02. The van der Waals surface area contributed by atoms with E-state index in [1.165, 1.54) is 12.0 Å². The Hall–Kier alpha value is -1.56. The molecule has 0 aromatic heterocycles. The lowest BCUT2D eigenvalue weighted by Crippen LogP contribution is -1.82. The van der Waals surface area contributed by atoms with Crippen LogP contribution in [0.3, 0.4) is 0 Å². The molecule has 84 valence electrons. The first-order chi connectivity index (χ1) is 7.83. The van der Waals surface area contributed by atoms with Gasteiger partial charge in [0.1, 0.15) is 0 Å². The van der Waals surface area contributed by atoms with Gasteiger partial charge in [0.2, 0.25) is 0 Å². The molecule has 0 aliphatic heterocycles. The highest BCUT2D eigenvalue weighted by Gasteiger charge is 1.87. The second-order valence-electron chi connectivity index (χ2n) is 3.93. The largest absolute Gasteiger partial charge is 0.0817 e. The second kappa shape index (κ2) is 7.70. The van der Waals surface area contributed by atoms with Crippen LogP contribution in [0.5, 0.6) is 0 Å². The molecule has 0 spiro atoms. The molecule has 0 heterocycles. The quantitative estimate of drug-likeness (QED) is 0.611. The molecule has 1 atom stereocenters. The molecular weight excluding hydrogens is 192 g/mol. The highest BCUT2D eigenvalue weighted by molar-refractivity contribution is 5.50. The molecule has 0 N–H and O–H groups in total. The Kier molecular flexibility index (Phi) is 6.02. The molecule has 0 saturated carbocycles. The summed E-state index contributed by atoms with van der Waals surface area (Å²) in [6.07, 6.45) is 13.8. The van der Waals surface area contributed by atoms with Gasteiger partial charge in [0.05, 0.1) is 0 Å². The molecule has 16 heavy (non-hydrogen) atoms. The third-order valence-electron chi connectivity index (χ3n) is 2.51. The number of allylic oxidation sites excluding steroid dienone is 5. The number of hydrogen-bond acceptors (Lipinski definition) is 0. The van der Waals surface area contributed by atoms with E-state index in [0.717, 1.165) is 0 Å². The van der Waals surface area contributed by atoms with Gasteiger partial charge >= 0.3 is 0 Å². The Morgan fingerprint density at radius 2 is 1.69 bits per heavy atom. The average Bonchev–Trinajstić information content (AvgIpc) is 2.34. The zero-order valence-electron chi connectivity index (χ0n) is 10.1. The van der Waals surface area contributed by atoms with Gasteiger partial charge in [0.15, 0.2) is 0 Å². The van der Waals surface area contributed by atoms with Crippen molar-refractivity contribution in [1.82, 2.24) is 0 Å². The first kappa shape index (κ1) is 12.5. The number of benzene rings is 1. The molecule has 0 nitrogen and oxygen atoms in total. The SMILES string of the molecule is CCC(C)/C=C/C=C\C=C/c1ccccc1. The van der Waals surface area contributed by atoms with Gasteiger partial charge in [-0.25, -0.2) is 0 Å². The van der Waals surface area contributed by atoms with E-state index in [1.807, 2.05) is 18.2 Å². The Morgan fingerprint density at radius 1 is 1.00 bits per heavy atom. The highest BCUT2D eigenvalue weighted by atomic mass is 13.9. The fourth-order valence-corrected chi connectivity index (χ4v) is 1.25. The van der Waals surface area contributed by atoms with E-state index < -0.39 is 0 Å². The maximum absolute atomic E-state index is 2.23. The molecule has 1 aromatic rings. The van der Waals surface area contributed by atoms with Crippen LogP contribution >= 0.6 is 0 Å². The van der Waals surface area contributed by atoms with Gasteiger partial charge in [-0.1, -0.05) is 87.1 Å². The smallest absolute Gasteiger partial charge is 0.0257 e. The Morgan fingerprint density at radius 3 is 2.38 bits per heavy atom. The third-order valence-corrected chi connectivity index (χ3v) is 2.51. The molecule has 1 aromatic carbocycles. The summed E-state index contributed by atoms with van der Waals surface area (Å²) in [5.74, 6) is 0.669. The summed E-state index contributed by atoms with van der Waals surface area (Å²) in [6.45, 7) is 4.43. The topological polar surface area (TPSA) is 0 Å². The molecular formula is C16H20. The van der Waals surface area contributed by atoms with Crippen molar-refractivity contribution < 1.29 is 0 Å². The molecule has 1 unspecified atom stereocenters. The minimum atomic E-state index is 0.669. The molecule has 0 aliphatic carbocycles. The zero-order chi connectivity index (χ0) is 11.6. The standard InChI is InChI=1S/C16H20/c1-3-15(2)11-7-4-5-8-12-16-13-9-6-10-14-16/h4-15H,3H2,1-2H3/b5-4-,11-7+,12-8-. The molecule has 0 heteroatoms. The molecule has 1 rings (SSSR count). The summed E-state index contributed by atoms with van der Waals surface area (Å²) < 4.78 is 0. The van der Waals surface area contributed by atoms with Crippen molar-refractivity contribution in [2.24, 2.45) is 5.92 Å². The Labute approximate surface area is 99.0 Å².